The molecule has 2 aliphatic rings. The number of rotatable bonds is 5. The van der Waals surface area contributed by atoms with Gasteiger partial charge in [0.2, 0.25) is 10.0 Å². The first-order chi connectivity index (χ1) is 12.9. The van der Waals surface area contributed by atoms with Crippen LogP contribution < -0.4 is 5.32 Å². The number of ether oxygens (including phenoxy) is 1. The van der Waals surface area contributed by atoms with Crippen molar-refractivity contribution in [3.63, 3.8) is 0 Å². The summed E-state index contributed by atoms with van der Waals surface area (Å²) in [6, 6.07) is 7.17. The minimum Gasteiger partial charge on any atom is -0.366 e. The fourth-order valence-corrected chi connectivity index (χ4v) is 4.85. The number of hydrogen-bond donors (Lipinski definition) is 1. The van der Waals surface area contributed by atoms with Crippen LogP contribution in [0.3, 0.4) is 0 Å². The molecule has 158 valence electrons. The molecule has 7 nitrogen and oxygen atoms in total. The molecule has 1 N–H and O–H groups in total. The Morgan fingerprint density at radius 2 is 1.86 bits per heavy atom. The van der Waals surface area contributed by atoms with Crippen LogP contribution in [0.4, 0.5) is 0 Å². The average Bonchev–Trinajstić information content (AvgIpc) is 2.73. The van der Waals surface area contributed by atoms with Crippen molar-refractivity contribution in [3.05, 3.63) is 29.8 Å². The lowest BCUT2D eigenvalue weighted by Crippen LogP contribution is -2.55. The average molecular weight is 432 g/mol. The topological polar surface area (TPSA) is 79.0 Å². The molecule has 3 rings (SSSR count). The molecule has 9 heteroatoms. The van der Waals surface area contributed by atoms with E-state index in [1.165, 1.54) is 4.31 Å². The van der Waals surface area contributed by atoms with E-state index in [4.69, 9.17) is 4.74 Å². The first-order valence-electron chi connectivity index (χ1n) is 9.64. The van der Waals surface area contributed by atoms with Crippen molar-refractivity contribution in [2.75, 3.05) is 45.9 Å². The third-order valence-electron chi connectivity index (χ3n) is 5.45. The number of sulfonamides is 1. The summed E-state index contributed by atoms with van der Waals surface area (Å²) >= 11 is 0. The van der Waals surface area contributed by atoms with E-state index >= 15 is 0 Å². The predicted octanol–water partition coefficient (Wildman–Crippen LogP) is 1.44. The summed E-state index contributed by atoms with van der Waals surface area (Å²) in [5.74, 6) is 0.352. The van der Waals surface area contributed by atoms with E-state index in [-0.39, 0.29) is 18.3 Å². The normalized spacial score (nSPS) is 22.4. The number of benzene rings is 1. The van der Waals surface area contributed by atoms with Gasteiger partial charge in [-0.1, -0.05) is 26.0 Å². The van der Waals surface area contributed by atoms with Gasteiger partial charge in [0.05, 0.1) is 11.5 Å². The van der Waals surface area contributed by atoms with Gasteiger partial charge in [0.15, 0.2) is 0 Å². The monoisotopic (exact) mass is 431 g/mol. The maximum Gasteiger partial charge on any atom is 0.253 e. The Balaban J connectivity index is 0.00000280. The fourth-order valence-electron chi connectivity index (χ4n) is 3.43. The second kappa shape index (κ2) is 10.0. The molecule has 28 heavy (non-hydrogen) atoms. The Morgan fingerprint density at radius 3 is 2.39 bits per heavy atom. The van der Waals surface area contributed by atoms with E-state index in [0.717, 1.165) is 18.5 Å². The lowest BCUT2D eigenvalue weighted by Gasteiger charge is -2.36. The molecule has 2 unspecified atom stereocenters. The highest BCUT2D eigenvalue weighted by Gasteiger charge is 2.33. The molecular formula is C19H30ClN3O4S. The van der Waals surface area contributed by atoms with E-state index in [2.05, 4.69) is 19.2 Å². The van der Waals surface area contributed by atoms with Gasteiger partial charge in [0.25, 0.3) is 5.91 Å². The number of halogens is 1. The number of carbonyl (C=O) groups excluding carboxylic acids is 1. The molecule has 1 amide bonds. The quantitative estimate of drug-likeness (QED) is 0.763. The van der Waals surface area contributed by atoms with E-state index in [0.29, 0.717) is 50.1 Å². The van der Waals surface area contributed by atoms with Gasteiger partial charge in [0.1, 0.15) is 6.10 Å². The number of hydrogen-bond acceptors (Lipinski definition) is 5. The van der Waals surface area contributed by atoms with Crippen LogP contribution in [0, 0.1) is 0 Å². The Kier molecular flexibility index (Phi) is 8.27. The SMILES string of the molecule is CCC(C)c1ccc(S(=O)(=O)N2CCN(C(=O)C3CNCCO3)CC2)cc1.Cl. The lowest BCUT2D eigenvalue weighted by molar-refractivity contribution is -0.146. The van der Waals surface area contributed by atoms with Gasteiger partial charge >= 0.3 is 0 Å². The lowest BCUT2D eigenvalue weighted by atomic mass is 9.99. The summed E-state index contributed by atoms with van der Waals surface area (Å²) < 4.78 is 32.8. The molecule has 0 saturated carbocycles. The molecule has 0 aromatic heterocycles. The molecule has 0 aliphatic carbocycles. The molecule has 1 aromatic carbocycles. The van der Waals surface area contributed by atoms with Gasteiger partial charge in [-0.25, -0.2) is 8.42 Å². The molecule has 1 aromatic rings. The number of piperazine rings is 1. The summed E-state index contributed by atoms with van der Waals surface area (Å²) in [6.07, 6.45) is 0.553. The Labute approximate surface area is 173 Å². The summed E-state index contributed by atoms with van der Waals surface area (Å²) in [5, 5.41) is 3.15. The number of carbonyl (C=O) groups is 1. The summed E-state index contributed by atoms with van der Waals surface area (Å²) in [5.41, 5.74) is 1.15. The Morgan fingerprint density at radius 1 is 1.21 bits per heavy atom. The van der Waals surface area contributed by atoms with E-state index in [1.807, 2.05) is 12.1 Å². The second-order valence-corrected chi connectivity index (χ2v) is 9.11. The van der Waals surface area contributed by atoms with Gasteiger partial charge in [0, 0.05) is 39.3 Å². The first kappa shape index (κ1) is 23.1. The number of amides is 1. The van der Waals surface area contributed by atoms with Crippen LogP contribution in [0.2, 0.25) is 0 Å². The molecule has 2 aliphatic heterocycles. The van der Waals surface area contributed by atoms with Gasteiger partial charge in [-0.15, -0.1) is 12.4 Å². The van der Waals surface area contributed by atoms with Crippen molar-refractivity contribution < 1.29 is 17.9 Å². The number of morpholine rings is 1. The van der Waals surface area contributed by atoms with Gasteiger partial charge in [-0.3, -0.25) is 4.79 Å². The third-order valence-corrected chi connectivity index (χ3v) is 7.37. The molecule has 0 radical (unpaired) electrons. The first-order valence-corrected chi connectivity index (χ1v) is 11.1. The van der Waals surface area contributed by atoms with Gasteiger partial charge < -0.3 is 15.0 Å². The van der Waals surface area contributed by atoms with E-state index in [9.17, 15) is 13.2 Å². The summed E-state index contributed by atoms with van der Waals surface area (Å²) in [7, 11) is -3.53. The molecular weight excluding hydrogens is 402 g/mol. The maximum absolute atomic E-state index is 12.9. The van der Waals surface area contributed by atoms with Crippen molar-refractivity contribution in [1.29, 1.82) is 0 Å². The van der Waals surface area contributed by atoms with E-state index in [1.54, 1.807) is 17.0 Å². The highest BCUT2D eigenvalue weighted by Crippen LogP contribution is 2.23. The van der Waals surface area contributed by atoms with Crippen molar-refractivity contribution in [1.82, 2.24) is 14.5 Å². The maximum atomic E-state index is 12.9. The van der Waals surface area contributed by atoms with Crippen LogP contribution in [-0.2, 0) is 19.6 Å². The van der Waals surface area contributed by atoms with Crippen LogP contribution in [-0.4, -0.2) is 75.5 Å². The fraction of sp³-hybridized carbons (Fsp3) is 0.632. The van der Waals surface area contributed by atoms with Crippen LogP contribution in [0.15, 0.2) is 29.2 Å². The zero-order valence-electron chi connectivity index (χ0n) is 16.5. The van der Waals surface area contributed by atoms with E-state index < -0.39 is 16.1 Å². The summed E-state index contributed by atoms with van der Waals surface area (Å²) in [6.45, 7) is 7.44. The van der Waals surface area contributed by atoms with Crippen molar-refractivity contribution in [2.45, 2.75) is 37.2 Å². The van der Waals surface area contributed by atoms with Crippen LogP contribution in [0.1, 0.15) is 31.7 Å². The summed E-state index contributed by atoms with van der Waals surface area (Å²) in [4.78, 5) is 14.5. The van der Waals surface area contributed by atoms with Crippen molar-refractivity contribution >= 4 is 28.3 Å². The van der Waals surface area contributed by atoms with Crippen LogP contribution >= 0.6 is 12.4 Å². The standard InChI is InChI=1S/C19H29N3O4S.ClH/c1-3-15(2)16-4-6-17(7-5-16)27(24,25)22-11-9-21(10-12-22)19(23)18-14-20-8-13-26-18;/h4-7,15,18,20H,3,8-14H2,1-2H3;1H. The minimum atomic E-state index is -3.53. The minimum absolute atomic E-state index is 0. The molecule has 2 heterocycles. The van der Waals surface area contributed by atoms with Crippen molar-refractivity contribution in [2.24, 2.45) is 0 Å². The second-order valence-electron chi connectivity index (χ2n) is 7.17. The largest absolute Gasteiger partial charge is 0.366 e. The highest BCUT2D eigenvalue weighted by molar-refractivity contribution is 7.89. The number of nitrogens with one attached hydrogen (secondary N) is 1. The molecule has 2 atom stereocenters. The van der Waals surface area contributed by atoms with Crippen molar-refractivity contribution in [3.8, 4) is 0 Å². The highest BCUT2D eigenvalue weighted by atomic mass is 35.5. The zero-order valence-corrected chi connectivity index (χ0v) is 18.1. The van der Waals surface area contributed by atoms with Gasteiger partial charge in [-0.2, -0.15) is 4.31 Å². The smallest absolute Gasteiger partial charge is 0.253 e. The van der Waals surface area contributed by atoms with Gasteiger partial charge in [-0.05, 0) is 30.0 Å². The predicted molar refractivity (Wildman–Crippen MR) is 110 cm³/mol. The van der Waals surface area contributed by atoms with Crippen LogP contribution in [0.25, 0.3) is 0 Å². The number of nitrogens with zero attached hydrogens (tertiary/aromatic N) is 2. The molecule has 0 bridgehead atoms. The Hall–Kier alpha value is -1.19. The molecule has 2 saturated heterocycles. The zero-order chi connectivity index (χ0) is 19.4. The molecule has 2 fully saturated rings. The molecule has 0 spiro atoms. The third kappa shape index (κ3) is 5.04. The Bertz CT molecular complexity index is 743. The van der Waals surface area contributed by atoms with Crippen LogP contribution in [0.5, 0.6) is 0 Å².